The third-order valence-corrected chi connectivity index (χ3v) is 7.30. The fraction of sp³-hybridized carbons (Fsp3) is 0.433. The molecule has 0 saturated carbocycles. The van der Waals surface area contributed by atoms with Crippen LogP contribution in [0.4, 0.5) is 5.69 Å². The van der Waals surface area contributed by atoms with Crippen LogP contribution in [-0.4, -0.2) is 79.6 Å². The molecule has 0 aromatic heterocycles. The van der Waals surface area contributed by atoms with Crippen LogP contribution in [0.2, 0.25) is 0 Å². The summed E-state index contributed by atoms with van der Waals surface area (Å²) in [4.78, 5) is 25.2. The number of benzene rings is 2. The molecule has 0 N–H and O–H groups in total. The predicted octanol–water partition coefficient (Wildman–Crippen LogP) is 4.37. The Morgan fingerprint density at radius 1 is 1.18 bits per heavy atom. The third kappa shape index (κ3) is 5.84. The normalized spacial score (nSPS) is 17.9. The molecule has 0 spiro atoms. The van der Waals surface area contributed by atoms with Crippen molar-refractivity contribution in [2.24, 2.45) is 4.99 Å². The summed E-state index contributed by atoms with van der Waals surface area (Å²) in [5, 5.41) is 9.16. The Balaban J connectivity index is 1.50. The highest BCUT2D eigenvalue weighted by Gasteiger charge is 2.36. The second-order valence-electron chi connectivity index (χ2n) is 9.88. The maximum absolute atomic E-state index is 13.8. The Morgan fingerprint density at radius 2 is 1.89 bits per heavy atom. The van der Waals surface area contributed by atoms with Gasteiger partial charge in [0.2, 0.25) is 0 Å². The van der Waals surface area contributed by atoms with Crippen LogP contribution in [0.15, 0.2) is 60.1 Å². The number of carbonyl (C=O) groups is 1. The molecule has 1 unspecified atom stereocenters. The number of para-hydroxylation sites is 1. The first-order chi connectivity index (χ1) is 18.4. The highest BCUT2D eigenvalue weighted by molar-refractivity contribution is 5.95. The van der Waals surface area contributed by atoms with Gasteiger partial charge in [-0.2, -0.15) is 5.26 Å². The minimum absolute atomic E-state index is 0.108. The van der Waals surface area contributed by atoms with Gasteiger partial charge in [0.1, 0.15) is 18.9 Å². The minimum atomic E-state index is -0.766. The Morgan fingerprint density at radius 3 is 2.55 bits per heavy atom. The van der Waals surface area contributed by atoms with Crippen molar-refractivity contribution >= 4 is 17.8 Å². The molecule has 0 bridgehead atoms. The largest absolute Gasteiger partial charge is 0.486 e. The molecule has 1 fully saturated rings. The molecule has 200 valence electrons. The second-order valence-corrected chi connectivity index (χ2v) is 9.88. The van der Waals surface area contributed by atoms with Crippen molar-refractivity contribution in [2.45, 2.75) is 38.9 Å². The first kappa shape index (κ1) is 27.2. The molecule has 4 rings (SSSR count). The van der Waals surface area contributed by atoms with E-state index in [-0.39, 0.29) is 11.9 Å². The van der Waals surface area contributed by atoms with Crippen LogP contribution in [0.25, 0.3) is 0 Å². The maximum Gasteiger partial charge on any atom is 0.255 e. The van der Waals surface area contributed by atoms with Gasteiger partial charge in [-0.25, -0.2) is 0 Å². The first-order valence-corrected chi connectivity index (χ1v) is 13.2. The number of fused-ring (bicyclic) bond motifs is 1. The molecule has 2 atom stereocenters. The maximum atomic E-state index is 13.8. The van der Waals surface area contributed by atoms with Gasteiger partial charge in [0, 0.05) is 50.7 Å². The van der Waals surface area contributed by atoms with Gasteiger partial charge in [0.15, 0.2) is 11.5 Å². The van der Waals surface area contributed by atoms with Crippen molar-refractivity contribution < 1.29 is 14.3 Å². The first-order valence-electron chi connectivity index (χ1n) is 13.2. The summed E-state index contributed by atoms with van der Waals surface area (Å²) in [6.07, 6.45) is 4.08. The lowest BCUT2D eigenvalue weighted by molar-refractivity contribution is 0.0415. The van der Waals surface area contributed by atoms with E-state index in [1.165, 1.54) is 0 Å². The van der Waals surface area contributed by atoms with E-state index in [9.17, 15) is 4.79 Å². The van der Waals surface area contributed by atoms with Gasteiger partial charge in [-0.3, -0.25) is 14.7 Å². The van der Waals surface area contributed by atoms with Crippen molar-refractivity contribution in [2.75, 3.05) is 50.8 Å². The molecular weight excluding hydrogens is 478 g/mol. The average molecular weight is 516 g/mol. The molecule has 38 heavy (non-hydrogen) atoms. The highest BCUT2D eigenvalue weighted by Crippen LogP contribution is 2.40. The third-order valence-electron chi connectivity index (χ3n) is 7.30. The summed E-state index contributed by atoms with van der Waals surface area (Å²) < 4.78 is 11.7. The van der Waals surface area contributed by atoms with Crippen LogP contribution in [0, 0.1) is 11.3 Å². The molecule has 0 aliphatic carbocycles. The van der Waals surface area contributed by atoms with E-state index >= 15 is 0 Å². The van der Waals surface area contributed by atoms with E-state index in [2.05, 4.69) is 35.4 Å². The number of ether oxygens (including phenoxy) is 2. The standard InChI is InChI=1S/C30H37N5O3/c1-5-14-30(4,32-6-2)35(29(36)25-12-10-24(21-31)11-13-25)22-23(3)33-15-17-34(18-16-33)26-8-7-9-27-28(26)38-20-19-37-27/h5-13,23H,1,14-20,22H2,2-4H3/b32-6-/t23-,30?/m1/s1. The molecule has 8 nitrogen and oxygen atoms in total. The molecule has 2 aliphatic heterocycles. The molecule has 2 heterocycles. The summed E-state index contributed by atoms with van der Waals surface area (Å²) >= 11 is 0. The van der Waals surface area contributed by atoms with Crippen LogP contribution in [-0.2, 0) is 0 Å². The number of hydrogen-bond acceptors (Lipinski definition) is 7. The molecule has 2 aromatic carbocycles. The van der Waals surface area contributed by atoms with Crippen LogP contribution >= 0.6 is 0 Å². The summed E-state index contributed by atoms with van der Waals surface area (Å²) in [5.74, 6) is 1.53. The fourth-order valence-corrected chi connectivity index (χ4v) is 5.22. The van der Waals surface area contributed by atoms with Crippen molar-refractivity contribution in [3.63, 3.8) is 0 Å². The predicted molar refractivity (Wildman–Crippen MR) is 150 cm³/mol. The number of amides is 1. The van der Waals surface area contributed by atoms with Crippen LogP contribution in [0.1, 0.15) is 43.1 Å². The topological polar surface area (TPSA) is 81.4 Å². The number of rotatable bonds is 9. The Labute approximate surface area is 225 Å². The van der Waals surface area contributed by atoms with Gasteiger partial charge in [-0.15, -0.1) is 6.58 Å². The Kier molecular flexibility index (Phi) is 8.70. The molecule has 8 heteroatoms. The van der Waals surface area contributed by atoms with E-state index in [1.54, 1.807) is 30.5 Å². The lowest BCUT2D eigenvalue weighted by atomic mass is 10.0. The summed E-state index contributed by atoms with van der Waals surface area (Å²) in [6, 6.07) is 15.1. The Hall–Kier alpha value is -3.83. The second kappa shape index (κ2) is 12.1. The zero-order valence-corrected chi connectivity index (χ0v) is 22.6. The summed E-state index contributed by atoms with van der Waals surface area (Å²) in [6.45, 7) is 15.0. The van der Waals surface area contributed by atoms with E-state index < -0.39 is 5.66 Å². The summed E-state index contributed by atoms with van der Waals surface area (Å²) in [7, 11) is 0. The molecule has 1 saturated heterocycles. The van der Waals surface area contributed by atoms with Gasteiger partial charge in [-0.1, -0.05) is 12.1 Å². The van der Waals surface area contributed by atoms with Crippen LogP contribution < -0.4 is 14.4 Å². The van der Waals surface area contributed by atoms with E-state index in [0.29, 0.717) is 37.3 Å². The quantitative estimate of drug-likeness (QED) is 0.365. The van der Waals surface area contributed by atoms with E-state index in [1.807, 2.05) is 37.0 Å². The molecule has 0 radical (unpaired) electrons. The van der Waals surface area contributed by atoms with E-state index in [0.717, 1.165) is 43.4 Å². The summed E-state index contributed by atoms with van der Waals surface area (Å²) in [5.41, 5.74) is 1.37. The number of nitriles is 1. The van der Waals surface area contributed by atoms with Crippen LogP contribution in [0.3, 0.4) is 0 Å². The van der Waals surface area contributed by atoms with Crippen molar-refractivity contribution in [3.8, 4) is 17.6 Å². The minimum Gasteiger partial charge on any atom is -0.486 e. The lowest BCUT2D eigenvalue weighted by Crippen LogP contribution is -2.57. The average Bonchev–Trinajstić information content (AvgIpc) is 2.95. The number of aliphatic imine (C=N–C) groups is 1. The molecule has 2 aliphatic rings. The lowest BCUT2D eigenvalue weighted by Gasteiger charge is -2.44. The zero-order chi connectivity index (χ0) is 27.1. The van der Waals surface area contributed by atoms with Gasteiger partial charge in [0.25, 0.3) is 5.91 Å². The monoisotopic (exact) mass is 515 g/mol. The van der Waals surface area contributed by atoms with Gasteiger partial charge in [-0.05, 0) is 63.4 Å². The number of anilines is 1. The van der Waals surface area contributed by atoms with Crippen molar-refractivity contribution in [1.29, 1.82) is 5.26 Å². The highest BCUT2D eigenvalue weighted by atomic mass is 16.6. The number of carbonyl (C=O) groups excluding carboxylic acids is 1. The zero-order valence-electron chi connectivity index (χ0n) is 22.6. The van der Waals surface area contributed by atoms with Crippen molar-refractivity contribution in [3.05, 3.63) is 66.2 Å². The van der Waals surface area contributed by atoms with Gasteiger partial charge in [0.05, 0.1) is 17.3 Å². The number of piperazine rings is 1. The number of nitrogens with zero attached hydrogens (tertiary/aromatic N) is 5. The Bertz CT molecular complexity index is 1200. The SMILES string of the molecule is C=CCC(C)(/N=C\C)N(C[C@@H](C)N1CCN(c2cccc3c2OCCO3)CC1)C(=O)c1ccc(C#N)cc1. The molecule has 1 amide bonds. The smallest absolute Gasteiger partial charge is 0.255 e. The van der Waals surface area contributed by atoms with Gasteiger partial charge >= 0.3 is 0 Å². The molecule has 2 aromatic rings. The fourth-order valence-electron chi connectivity index (χ4n) is 5.22. The number of hydrogen-bond donors (Lipinski definition) is 0. The molecular formula is C30H37N5O3. The van der Waals surface area contributed by atoms with Crippen LogP contribution in [0.5, 0.6) is 11.5 Å². The van der Waals surface area contributed by atoms with Crippen molar-refractivity contribution in [1.82, 2.24) is 9.80 Å². The van der Waals surface area contributed by atoms with Gasteiger partial charge < -0.3 is 19.3 Å². The van der Waals surface area contributed by atoms with E-state index in [4.69, 9.17) is 19.7 Å².